The zero-order valence-electron chi connectivity index (χ0n) is 9.04. The highest BCUT2D eigenvalue weighted by Crippen LogP contribution is 2.40. The number of aliphatic hydroxyl groups excluding tert-OH is 1. The maximum atomic E-state index is 9.19. The number of thiophene rings is 1. The van der Waals surface area contributed by atoms with Crippen LogP contribution in [0.15, 0.2) is 23.6 Å². The van der Waals surface area contributed by atoms with Gasteiger partial charge in [-0.15, -0.1) is 11.3 Å². The van der Waals surface area contributed by atoms with Crippen LogP contribution in [0, 0.1) is 0 Å². The number of halogens is 2. The fourth-order valence-electron chi connectivity index (χ4n) is 1.55. The summed E-state index contributed by atoms with van der Waals surface area (Å²) >= 11 is 13.4. The van der Waals surface area contributed by atoms with Crippen molar-refractivity contribution in [3.8, 4) is 16.2 Å². The van der Waals surface area contributed by atoms with Crippen molar-refractivity contribution in [3.63, 3.8) is 0 Å². The van der Waals surface area contributed by atoms with Crippen LogP contribution in [0.5, 0.6) is 5.75 Å². The molecule has 0 aliphatic rings. The monoisotopic (exact) mass is 288 g/mol. The third-order valence-corrected chi connectivity index (χ3v) is 4.17. The molecule has 1 N–H and O–H groups in total. The minimum atomic E-state index is -0.0407. The molecule has 0 amide bonds. The first-order chi connectivity index (χ1) is 8.17. The van der Waals surface area contributed by atoms with Gasteiger partial charge in [-0.1, -0.05) is 29.3 Å². The number of hydrogen-bond donors (Lipinski definition) is 1. The van der Waals surface area contributed by atoms with Gasteiger partial charge >= 0.3 is 0 Å². The Labute approximate surface area is 113 Å². The van der Waals surface area contributed by atoms with Gasteiger partial charge in [-0.2, -0.15) is 0 Å². The quantitative estimate of drug-likeness (QED) is 0.916. The van der Waals surface area contributed by atoms with E-state index in [4.69, 9.17) is 27.9 Å². The number of methoxy groups -OCH3 is 1. The van der Waals surface area contributed by atoms with Crippen LogP contribution in [0.4, 0.5) is 0 Å². The topological polar surface area (TPSA) is 29.5 Å². The highest BCUT2D eigenvalue weighted by atomic mass is 35.5. The Morgan fingerprint density at radius 2 is 2.06 bits per heavy atom. The van der Waals surface area contributed by atoms with Gasteiger partial charge in [0.15, 0.2) is 0 Å². The molecule has 0 fully saturated rings. The van der Waals surface area contributed by atoms with Crippen molar-refractivity contribution in [1.29, 1.82) is 0 Å². The van der Waals surface area contributed by atoms with Crippen LogP contribution >= 0.6 is 34.5 Å². The minimum Gasteiger partial charge on any atom is -0.495 e. The normalized spacial score (nSPS) is 10.6. The average Bonchev–Trinajstić information content (AvgIpc) is 2.75. The molecule has 0 spiro atoms. The molecule has 2 nitrogen and oxygen atoms in total. The van der Waals surface area contributed by atoms with E-state index >= 15 is 0 Å². The summed E-state index contributed by atoms with van der Waals surface area (Å²) in [5.74, 6) is 0.691. The average molecular weight is 289 g/mol. The Bertz CT molecular complexity index is 537. The van der Waals surface area contributed by atoms with Crippen LogP contribution in [-0.2, 0) is 6.61 Å². The molecule has 5 heteroatoms. The molecule has 0 aliphatic carbocycles. The maximum absolute atomic E-state index is 9.19. The second-order valence-electron chi connectivity index (χ2n) is 3.41. The summed E-state index contributed by atoms with van der Waals surface area (Å²) in [7, 11) is 1.59. The summed E-state index contributed by atoms with van der Waals surface area (Å²) < 4.78 is 5.31. The van der Waals surface area contributed by atoms with Crippen molar-refractivity contribution in [2.24, 2.45) is 0 Å². The zero-order valence-corrected chi connectivity index (χ0v) is 11.4. The first kappa shape index (κ1) is 12.7. The van der Waals surface area contributed by atoms with Crippen LogP contribution in [0.25, 0.3) is 10.4 Å². The lowest BCUT2D eigenvalue weighted by Crippen LogP contribution is -1.89. The zero-order chi connectivity index (χ0) is 12.4. The summed E-state index contributed by atoms with van der Waals surface area (Å²) in [4.78, 5) is 0.940. The Morgan fingerprint density at radius 3 is 2.65 bits per heavy atom. The number of ether oxygens (including phenoxy) is 1. The molecule has 0 saturated carbocycles. The molecule has 17 heavy (non-hydrogen) atoms. The molecule has 0 saturated heterocycles. The van der Waals surface area contributed by atoms with E-state index in [1.165, 1.54) is 11.3 Å². The van der Waals surface area contributed by atoms with E-state index in [0.29, 0.717) is 15.8 Å². The van der Waals surface area contributed by atoms with Crippen molar-refractivity contribution in [2.45, 2.75) is 6.61 Å². The third kappa shape index (κ3) is 2.43. The van der Waals surface area contributed by atoms with Crippen molar-refractivity contribution >= 4 is 34.5 Å². The highest BCUT2D eigenvalue weighted by Gasteiger charge is 2.14. The van der Waals surface area contributed by atoms with Crippen molar-refractivity contribution in [1.82, 2.24) is 0 Å². The molecule has 2 rings (SSSR count). The fraction of sp³-hybridized carbons (Fsp3) is 0.167. The Morgan fingerprint density at radius 1 is 1.29 bits per heavy atom. The standard InChI is InChI=1S/C12H10Cl2O2S/c1-16-11-8(5-15)6-17-12(11)7-2-3-9(13)10(14)4-7/h2-4,6,15H,5H2,1H3. The number of rotatable bonds is 3. The first-order valence-electron chi connectivity index (χ1n) is 4.88. The predicted octanol–water partition coefficient (Wildman–Crippen LogP) is 4.22. The lowest BCUT2D eigenvalue weighted by Gasteiger charge is -2.06. The Hall–Kier alpha value is -0.740. The SMILES string of the molecule is COc1c(CO)csc1-c1ccc(Cl)c(Cl)c1. The summed E-state index contributed by atoms with van der Waals surface area (Å²) in [5, 5.41) is 12.1. The van der Waals surface area contributed by atoms with Gasteiger partial charge in [0.1, 0.15) is 5.75 Å². The molecule has 1 heterocycles. The smallest absolute Gasteiger partial charge is 0.142 e. The summed E-state index contributed by atoms with van der Waals surface area (Å²) in [6.45, 7) is -0.0407. The van der Waals surface area contributed by atoms with Crippen LogP contribution < -0.4 is 4.74 Å². The fourth-order valence-corrected chi connectivity index (χ4v) is 2.88. The molecular weight excluding hydrogens is 279 g/mol. The van der Waals surface area contributed by atoms with E-state index in [0.717, 1.165) is 16.0 Å². The lowest BCUT2D eigenvalue weighted by atomic mass is 10.1. The molecule has 0 radical (unpaired) electrons. The Balaban J connectivity index is 2.52. The predicted molar refractivity (Wildman–Crippen MR) is 72.2 cm³/mol. The van der Waals surface area contributed by atoms with Gasteiger partial charge in [-0.25, -0.2) is 0 Å². The molecule has 90 valence electrons. The lowest BCUT2D eigenvalue weighted by molar-refractivity contribution is 0.275. The largest absolute Gasteiger partial charge is 0.495 e. The van der Waals surface area contributed by atoms with E-state index < -0.39 is 0 Å². The van der Waals surface area contributed by atoms with E-state index in [1.54, 1.807) is 19.2 Å². The van der Waals surface area contributed by atoms with Gasteiger partial charge in [0.05, 0.1) is 28.6 Å². The first-order valence-corrected chi connectivity index (χ1v) is 6.51. The van der Waals surface area contributed by atoms with E-state index in [-0.39, 0.29) is 6.61 Å². The van der Waals surface area contributed by atoms with Crippen molar-refractivity contribution < 1.29 is 9.84 Å². The van der Waals surface area contributed by atoms with Crippen LogP contribution in [-0.4, -0.2) is 12.2 Å². The molecule has 0 aliphatic heterocycles. The van der Waals surface area contributed by atoms with Gasteiger partial charge in [-0.05, 0) is 17.7 Å². The Kier molecular flexibility index (Phi) is 3.94. The van der Waals surface area contributed by atoms with Crippen LogP contribution in [0.2, 0.25) is 10.0 Å². The van der Waals surface area contributed by atoms with E-state index in [9.17, 15) is 5.11 Å². The maximum Gasteiger partial charge on any atom is 0.142 e. The number of aliphatic hydroxyl groups is 1. The van der Waals surface area contributed by atoms with E-state index in [1.807, 2.05) is 11.4 Å². The molecular formula is C12H10Cl2O2S. The van der Waals surface area contributed by atoms with Gasteiger partial charge in [0, 0.05) is 10.9 Å². The number of benzene rings is 1. The summed E-state index contributed by atoms with van der Waals surface area (Å²) in [5.41, 5.74) is 1.71. The van der Waals surface area contributed by atoms with Gasteiger partial charge in [0.25, 0.3) is 0 Å². The van der Waals surface area contributed by atoms with Crippen LogP contribution in [0.3, 0.4) is 0 Å². The second-order valence-corrected chi connectivity index (χ2v) is 5.10. The summed E-state index contributed by atoms with van der Waals surface area (Å²) in [6, 6.07) is 5.42. The van der Waals surface area contributed by atoms with Gasteiger partial charge in [-0.3, -0.25) is 0 Å². The van der Waals surface area contributed by atoms with Crippen LogP contribution in [0.1, 0.15) is 5.56 Å². The number of hydrogen-bond acceptors (Lipinski definition) is 3. The molecule has 0 bridgehead atoms. The molecule has 0 atom stereocenters. The molecule has 2 aromatic rings. The molecule has 0 unspecified atom stereocenters. The van der Waals surface area contributed by atoms with E-state index in [2.05, 4.69) is 0 Å². The van der Waals surface area contributed by atoms with Crippen molar-refractivity contribution in [3.05, 3.63) is 39.2 Å². The highest BCUT2D eigenvalue weighted by molar-refractivity contribution is 7.14. The molecule has 1 aromatic carbocycles. The van der Waals surface area contributed by atoms with Gasteiger partial charge in [0.2, 0.25) is 0 Å². The minimum absolute atomic E-state index is 0.0407. The molecule has 1 aromatic heterocycles. The third-order valence-electron chi connectivity index (χ3n) is 2.37. The van der Waals surface area contributed by atoms with Gasteiger partial charge < -0.3 is 9.84 Å². The summed E-state index contributed by atoms with van der Waals surface area (Å²) in [6.07, 6.45) is 0. The second kappa shape index (κ2) is 5.27. The van der Waals surface area contributed by atoms with Crippen molar-refractivity contribution in [2.75, 3.05) is 7.11 Å².